The number of hydrogen-bond acceptors (Lipinski definition) is 2. The van der Waals surface area contributed by atoms with Crippen LogP contribution in [0.1, 0.15) is 31.2 Å². The number of piperidine rings is 1. The maximum Gasteiger partial charge on any atom is 0.303 e. The van der Waals surface area contributed by atoms with E-state index in [4.69, 9.17) is 16.7 Å². The molecule has 1 aromatic rings. The van der Waals surface area contributed by atoms with Crippen LogP contribution in [0, 0.1) is 5.92 Å². The van der Waals surface area contributed by atoms with E-state index in [-0.39, 0.29) is 12.3 Å². The number of aliphatic carboxylic acids is 1. The molecule has 1 fully saturated rings. The van der Waals surface area contributed by atoms with Crippen molar-refractivity contribution in [2.45, 2.75) is 32.1 Å². The van der Waals surface area contributed by atoms with Gasteiger partial charge in [0.2, 0.25) is 5.91 Å². The quantitative estimate of drug-likeness (QED) is 0.909. The molecule has 21 heavy (non-hydrogen) atoms. The van der Waals surface area contributed by atoms with Gasteiger partial charge in [-0.2, -0.15) is 0 Å². The van der Waals surface area contributed by atoms with Gasteiger partial charge in [0, 0.05) is 24.5 Å². The van der Waals surface area contributed by atoms with Crippen LogP contribution in [0.25, 0.3) is 0 Å². The molecule has 1 aliphatic rings. The maximum atomic E-state index is 12.3. The maximum absolute atomic E-state index is 12.3. The summed E-state index contributed by atoms with van der Waals surface area (Å²) in [7, 11) is 0. The molecule has 0 aromatic heterocycles. The van der Waals surface area contributed by atoms with E-state index in [1.54, 1.807) is 6.07 Å². The third-order valence-corrected chi connectivity index (χ3v) is 4.12. The first kappa shape index (κ1) is 15.8. The molecule has 1 saturated heterocycles. The van der Waals surface area contributed by atoms with E-state index >= 15 is 0 Å². The summed E-state index contributed by atoms with van der Waals surface area (Å²) in [5.74, 6) is -0.368. The van der Waals surface area contributed by atoms with Crippen LogP contribution in [-0.2, 0) is 16.0 Å². The predicted molar refractivity (Wildman–Crippen MR) is 81.3 cm³/mol. The second-order valence-electron chi connectivity index (χ2n) is 5.59. The standard InChI is InChI=1S/C16H20ClNO3/c17-14-5-1-3-13(9-14)10-15(19)18-8-2-4-12(11-18)6-7-16(20)21/h1,3,5,9,12H,2,4,6-8,10-11H2,(H,20,21)/t12-/m0/s1. The molecule has 0 saturated carbocycles. The average Bonchev–Trinajstić information content (AvgIpc) is 2.45. The van der Waals surface area contributed by atoms with Gasteiger partial charge in [-0.25, -0.2) is 0 Å². The zero-order chi connectivity index (χ0) is 15.2. The van der Waals surface area contributed by atoms with E-state index in [1.807, 2.05) is 23.1 Å². The lowest BCUT2D eigenvalue weighted by Crippen LogP contribution is -2.40. The SMILES string of the molecule is O=C(O)CC[C@@H]1CCCN(C(=O)Cc2cccc(Cl)c2)C1. The molecule has 1 heterocycles. The minimum absolute atomic E-state index is 0.0947. The molecule has 1 atom stereocenters. The largest absolute Gasteiger partial charge is 0.481 e. The Kier molecular flexibility index (Phi) is 5.62. The van der Waals surface area contributed by atoms with E-state index in [2.05, 4.69) is 0 Å². The summed E-state index contributed by atoms with van der Waals surface area (Å²) in [5, 5.41) is 9.38. The van der Waals surface area contributed by atoms with Gasteiger partial charge in [0.15, 0.2) is 0 Å². The zero-order valence-electron chi connectivity index (χ0n) is 11.9. The lowest BCUT2D eigenvalue weighted by molar-refractivity contribution is -0.137. The second kappa shape index (κ2) is 7.46. The summed E-state index contributed by atoms with van der Waals surface area (Å²) in [6.45, 7) is 1.44. The van der Waals surface area contributed by atoms with Gasteiger partial charge >= 0.3 is 5.97 Å². The Morgan fingerprint density at radius 1 is 1.38 bits per heavy atom. The van der Waals surface area contributed by atoms with Crippen molar-refractivity contribution in [1.82, 2.24) is 4.90 Å². The van der Waals surface area contributed by atoms with Gasteiger partial charge in [0.25, 0.3) is 0 Å². The van der Waals surface area contributed by atoms with Crippen LogP contribution in [0.3, 0.4) is 0 Å². The molecule has 0 unspecified atom stereocenters. The lowest BCUT2D eigenvalue weighted by atomic mass is 9.93. The molecule has 5 heteroatoms. The number of carboxylic acid groups (broad SMARTS) is 1. The zero-order valence-corrected chi connectivity index (χ0v) is 12.7. The number of nitrogens with zero attached hydrogens (tertiary/aromatic N) is 1. The molecule has 1 N–H and O–H groups in total. The Morgan fingerprint density at radius 2 is 2.19 bits per heavy atom. The first-order valence-corrected chi connectivity index (χ1v) is 7.66. The van der Waals surface area contributed by atoms with Crippen molar-refractivity contribution in [3.05, 3.63) is 34.9 Å². The second-order valence-corrected chi connectivity index (χ2v) is 6.02. The number of likely N-dealkylation sites (tertiary alicyclic amines) is 1. The molecule has 1 aromatic carbocycles. The van der Waals surface area contributed by atoms with Gasteiger partial charge in [-0.15, -0.1) is 0 Å². The minimum Gasteiger partial charge on any atom is -0.481 e. The predicted octanol–water partition coefficient (Wildman–Crippen LogP) is 2.99. The van der Waals surface area contributed by atoms with E-state index in [0.717, 1.165) is 24.9 Å². The Bertz CT molecular complexity index is 518. The molecular weight excluding hydrogens is 290 g/mol. The van der Waals surface area contributed by atoms with Gasteiger partial charge < -0.3 is 10.0 Å². The van der Waals surface area contributed by atoms with Crippen molar-refractivity contribution in [2.24, 2.45) is 5.92 Å². The van der Waals surface area contributed by atoms with Crippen LogP contribution in [-0.4, -0.2) is 35.0 Å². The van der Waals surface area contributed by atoms with Crippen molar-refractivity contribution in [2.75, 3.05) is 13.1 Å². The highest BCUT2D eigenvalue weighted by Crippen LogP contribution is 2.22. The number of carbonyl (C=O) groups excluding carboxylic acids is 1. The van der Waals surface area contributed by atoms with Gasteiger partial charge in [0.05, 0.1) is 6.42 Å². The molecule has 4 nitrogen and oxygen atoms in total. The number of halogens is 1. The number of carbonyl (C=O) groups is 2. The molecule has 0 spiro atoms. The van der Waals surface area contributed by atoms with E-state index < -0.39 is 5.97 Å². The molecule has 1 amide bonds. The monoisotopic (exact) mass is 309 g/mol. The van der Waals surface area contributed by atoms with Crippen LogP contribution in [0.4, 0.5) is 0 Å². The average molecular weight is 310 g/mol. The fraction of sp³-hybridized carbons (Fsp3) is 0.500. The van der Waals surface area contributed by atoms with Crippen LogP contribution >= 0.6 is 11.6 Å². The summed E-state index contributed by atoms with van der Waals surface area (Å²) < 4.78 is 0. The van der Waals surface area contributed by atoms with Crippen molar-refractivity contribution in [1.29, 1.82) is 0 Å². The number of carboxylic acids is 1. The highest BCUT2D eigenvalue weighted by atomic mass is 35.5. The molecule has 1 aliphatic heterocycles. The highest BCUT2D eigenvalue weighted by Gasteiger charge is 2.24. The van der Waals surface area contributed by atoms with E-state index in [0.29, 0.717) is 30.3 Å². The highest BCUT2D eigenvalue weighted by molar-refractivity contribution is 6.30. The smallest absolute Gasteiger partial charge is 0.303 e. The van der Waals surface area contributed by atoms with Crippen molar-refractivity contribution >= 4 is 23.5 Å². The Morgan fingerprint density at radius 3 is 2.90 bits per heavy atom. The molecule has 114 valence electrons. The molecule has 0 radical (unpaired) electrons. The third kappa shape index (κ3) is 5.05. The van der Waals surface area contributed by atoms with E-state index in [1.165, 1.54) is 0 Å². The van der Waals surface area contributed by atoms with Gasteiger partial charge in [0.1, 0.15) is 0 Å². The minimum atomic E-state index is -0.766. The molecule has 0 bridgehead atoms. The van der Waals surface area contributed by atoms with Crippen LogP contribution in [0.2, 0.25) is 5.02 Å². The summed E-state index contributed by atoms with van der Waals surface area (Å²) in [5.41, 5.74) is 0.917. The molecule has 2 rings (SSSR count). The van der Waals surface area contributed by atoms with E-state index in [9.17, 15) is 9.59 Å². The summed E-state index contributed by atoms with van der Waals surface area (Å²) in [6.07, 6.45) is 3.14. The van der Waals surface area contributed by atoms with Crippen LogP contribution in [0.15, 0.2) is 24.3 Å². The number of benzene rings is 1. The summed E-state index contributed by atoms with van der Waals surface area (Å²) in [6, 6.07) is 7.34. The topological polar surface area (TPSA) is 57.6 Å². The first-order chi connectivity index (χ1) is 10.0. The molecule has 0 aliphatic carbocycles. The number of amides is 1. The van der Waals surface area contributed by atoms with Crippen molar-refractivity contribution in [3.63, 3.8) is 0 Å². The normalized spacial score (nSPS) is 18.5. The number of hydrogen-bond donors (Lipinski definition) is 1. The third-order valence-electron chi connectivity index (χ3n) is 3.88. The Balaban J connectivity index is 1.88. The Hall–Kier alpha value is -1.55. The fourth-order valence-electron chi connectivity index (χ4n) is 2.79. The lowest BCUT2D eigenvalue weighted by Gasteiger charge is -2.32. The van der Waals surface area contributed by atoms with Gasteiger partial charge in [-0.3, -0.25) is 9.59 Å². The fourth-order valence-corrected chi connectivity index (χ4v) is 3.00. The van der Waals surface area contributed by atoms with Crippen LogP contribution < -0.4 is 0 Å². The molecular formula is C16H20ClNO3. The summed E-state index contributed by atoms with van der Waals surface area (Å²) >= 11 is 5.93. The van der Waals surface area contributed by atoms with Gasteiger partial charge in [-0.1, -0.05) is 23.7 Å². The van der Waals surface area contributed by atoms with Gasteiger partial charge in [-0.05, 0) is 42.9 Å². The van der Waals surface area contributed by atoms with Crippen molar-refractivity contribution in [3.8, 4) is 0 Å². The van der Waals surface area contributed by atoms with Crippen molar-refractivity contribution < 1.29 is 14.7 Å². The van der Waals surface area contributed by atoms with Crippen LogP contribution in [0.5, 0.6) is 0 Å². The Labute approximate surface area is 129 Å². The number of rotatable bonds is 5. The summed E-state index contributed by atoms with van der Waals surface area (Å²) in [4.78, 5) is 24.8. The first-order valence-electron chi connectivity index (χ1n) is 7.28.